The van der Waals surface area contributed by atoms with E-state index >= 15 is 0 Å². The van der Waals surface area contributed by atoms with Gasteiger partial charge in [-0.2, -0.15) is 5.10 Å². The zero-order valence-electron chi connectivity index (χ0n) is 10.0. The van der Waals surface area contributed by atoms with Crippen molar-refractivity contribution in [1.82, 2.24) is 9.78 Å². The van der Waals surface area contributed by atoms with Crippen molar-refractivity contribution in [1.29, 1.82) is 0 Å². The average molecular weight is 210 g/mol. The molecule has 0 aromatic carbocycles. The van der Waals surface area contributed by atoms with Crippen LogP contribution in [-0.4, -0.2) is 21.0 Å². The van der Waals surface area contributed by atoms with Crippen molar-refractivity contribution in [3.8, 4) is 0 Å². The van der Waals surface area contributed by atoms with Crippen LogP contribution >= 0.6 is 0 Å². The van der Waals surface area contributed by atoms with Gasteiger partial charge in [-0.1, -0.05) is 6.92 Å². The normalized spacial score (nSPS) is 13.1. The van der Waals surface area contributed by atoms with Gasteiger partial charge in [0.05, 0.1) is 11.8 Å². The number of aliphatic hydroxyl groups excluding tert-OH is 1. The van der Waals surface area contributed by atoms with Crippen LogP contribution in [0.2, 0.25) is 0 Å². The van der Waals surface area contributed by atoms with Gasteiger partial charge in [0.1, 0.15) is 0 Å². The molecule has 1 rings (SSSR count). The molecule has 1 N–H and O–H groups in total. The molecule has 0 aliphatic carbocycles. The third-order valence-electron chi connectivity index (χ3n) is 2.73. The first kappa shape index (κ1) is 12.2. The van der Waals surface area contributed by atoms with Crippen LogP contribution in [0.15, 0.2) is 6.07 Å². The number of rotatable bonds is 6. The van der Waals surface area contributed by atoms with E-state index in [1.54, 1.807) is 0 Å². The lowest BCUT2D eigenvalue weighted by atomic mass is 10.1. The summed E-state index contributed by atoms with van der Waals surface area (Å²) >= 11 is 0. The van der Waals surface area contributed by atoms with Crippen LogP contribution in [0.1, 0.15) is 44.5 Å². The van der Waals surface area contributed by atoms with Gasteiger partial charge < -0.3 is 5.11 Å². The SMILES string of the molecule is CCC(O)CCCc1cc(C)nn1CC. The maximum atomic E-state index is 9.45. The highest BCUT2D eigenvalue weighted by Gasteiger charge is 2.05. The number of aromatic nitrogens is 2. The van der Waals surface area contributed by atoms with Gasteiger partial charge in [0, 0.05) is 12.2 Å². The Bertz CT molecular complexity index is 294. The van der Waals surface area contributed by atoms with E-state index in [1.807, 2.05) is 18.5 Å². The second-order valence-corrected chi connectivity index (χ2v) is 4.05. The van der Waals surface area contributed by atoms with E-state index in [0.717, 1.165) is 37.9 Å². The second kappa shape index (κ2) is 5.91. The highest BCUT2D eigenvalue weighted by molar-refractivity contribution is 5.08. The molecule has 0 amide bonds. The summed E-state index contributed by atoms with van der Waals surface area (Å²) in [5.41, 5.74) is 2.38. The van der Waals surface area contributed by atoms with Gasteiger partial charge in [-0.25, -0.2) is 0 Å². The fourth-order valence-corrected chi connectivity index (χ4v) is 1.80. The van der Waals surface area contributed by atoms with E-state index in [2.05, 4.69) is 18.1 Å². The first-order valence-electron chi connectivity index (χ1n) is 5.88. The molecule has 15 heavy (non-hydrogen) atoms. The summed E-state index contributed by atoms with van der Waals surface area (Å²) in [6, 6.07) is 2.14. The summed E-state index contributed by atoms with van der Waals surface area (Å²) in [4.78, 5) is 0. The van der Waals surface area contributed by atoms with Crippen LogP contribution in [0.25, 0.3) is 0 Å². The van der Waals surface area contributed by atoms with Crippen molar-refractivity contribution >= 4 is 0 Å². The molecule has 86 valence electrons. The van der Waals surface area contributed by atoms with Gasteiger partial charge in [-0.15, -0.1) is 0 Å². The smallest absolute Gasteiger partial charge is 0.0596 e. The molecule has 3 nitrogen and oxygen atoms in total. The largest absolute Gasteiger partial charge is 0.393 e. The van der Waals surface area contributed by atoms with Crippen LogP contribution < -0.4 is 0 Å². The Kier molecular flexibility index (Phi) is 4.82. The summed E-state index contributed by atoms with van der Waals surface area (Å²) in [5.74, 6) is 0. The van der Waals surface area contributed by atoms with Gasteiger partial charge >= 0.3 is 0 Å². The monoisotopic (exact) mass is 210 g/mol. The van der Waals surface area contributed by atoms with Gasteiger partial charge in [-0.05, 0) is 45.6 Å². The van der Waals surface area contributed by atoms with Gasteiger partial charge in [0.25, 0.3) is 0 Å². The van der Waals surface area contributed by atoms with Crippen molar-refractivity contribution in [2.45, 2.75) is 59.1 Å². The van der Waals surface area contributed by atoms with E-state index < -0.39 is 0 Å². The maximum absolute atomic E-state index is 9.45. The summed E-state index contributed by atoms with van der Waals surface area (Å²) in [6.07, 6.45) is 3.67. The Labute approximate surface area is 92.1 Å². The topological polar surface area (TPSA) is 38.1 Å². The van der Waals surface area contributed by atoms with E-state index in [-0.39, 0.29) is 6.10 Å². The zero-order chi connectivity index (χ0) is 11.3. The van der Waals surface area contributed by atoms with E-state index in [1.165, 1.54) is 5.69 Å². The first-order valence-corrected chi connectivity index (χ1v) is 5.88. The predicted octanol–water partition coefficient (Wildman–Crippen LogP) is 2.31. The summed E-state index contributed by atoms with van der Waals surface area (Å²) in [7, 11) is 0. The highest BCUT2D eigenvalue weighted by atomic mass is 16.3. The molecule has 0 fully saturated rings. The molecule has 0 saturated heterocycles. The van der Waals surface area contributed by atoms with Crippen molar-refractivity contribution in [3.63, 3.8) is 0 Å². The van der Waals surface area contributed by atoms with E-state index in [0.29, 0.717) is 0 Å². The lowest BCUT2D eigenvalue weighted by molar-refractivity contribution is 0.157. The zero-order valence-corrected chi connectivity index (χ0v) is 10.0. The molecular weight excluding hydrogens is 188 g/mol. The molecule has 0 aliphatic heterocycles. The molecule has 1 heterocycles. The molecular formula is C12H22N2O. The molecule has 0 saturated carbocycles. The number of hydrogen-bond donors (Lipinski definition) is 1. The minimum Gasteiger partial charge on any atom is -0.393 e. The number of aliphatic hydroxyl groups is 1. The Morgan fingerprint density at radius 3 is 2.80 bits per heavy atom. The van der Waals surface area contributed by atoms with Crippen LogP contribution in [0.4, 0.5) is 0 Å². The molecule has 1 atom stereocenters. The fourth-order valence-electron chi connectivity index (χ4n) is 1.80. The average Bonchev–Trinajstić information content (AvgIpc) is 2.58. The highest BCUT2D eigenvalue weighted by Crippen LogP contribution is 2.10. The fraction of sp³-hybridized carbons (Fsp3) is 0.750. The van der Waals surface area contributed by atoms with Crippen molar-refractivity contribution in [2.24, 2.45) is 0 Å². The third kappa shape index (κ3) is 3.67. The quantitative estimate of drug-likeness (QED) is 0.782. The number of hydrogen-bond acceptors (Lipinski definition) is 2. The van der Waals surface area contributed by atoms with Gasteiger partial charge in [-0.3, -0.25) is 4.68 Å². The molecule has 1 unspecified atom stereocenters. The maximum Gasteiger partial charge on any atom is 0.0596 e. The number of aryl methyl sites for hydroxylation is 3. The van der Waals surface area contributed by atoms with Gasteiger partial charge in [0.15, 0.2) is 0 Å². The van der Waals surface area contributed by atoms with Crippen molar-refractivity contribution in [3.05, 3.63) is 17.5 Å². The Hall–Kier alpha value is -0.830. The Balaban J connectivity index is 2.42. The van der Waals surface area contributed by atoms with E-state index in [9.17, 15) is 5.11 Å². The summed E-state index contributed by atoms with van der Waals surface area (Å²) in [5, 5.41) is 13.8. The standard InChI is InChI=1S/C12H22N2O/c1-4-12(15)8-6-7-11-9-10(3)13-14(11)5-2/h9,12,15H,4-8H2,1-3H3. The lowest BCUT2D eigenvalue weighted by Gasteiger charge is -2.07. The van der Waals surface area contributed by atoms with Crippen LogP contribution in [-0.2, 0) is 13.0 Å². The van der Waals surface area contributed by atoms with E-state index in [4.69, 9.17) is 0 Å². The van der Waals surface area contributed by atoms with Crippen LogP contribution in [0.5, 0.6) is 0 Å². The second-order valence-electron chi connectivity index (χ2n) is 4.05. The third-order valence-corrected chi connectivity index (χ3v) is 2.73. The molecule has 3 heteroatoms. The molecule has 0 radical (unpaired) electrons. The van der Waals surface area contributed by atoms with Crippen molar-refractivity contribution in [2.75, 3.05) is 0 Å². The molecule has 0 spiro atoms. The van der Waals surface area contributed by atoms with Gasteiger partial charge in [0.2, 0.25) is 0 Å². The Morgan fingerprint density at radius 2 is 2.20 bits per heavy atom. The molecule has 0 aliphatic rings. The minimum absolute atomic E-state index is 0.135. The first-order chi connectivity index (χ1) is 7.17. The minimum atomic E-state index is -0.135. The molecule has 0 bridgehead atoms. The Morgan fingerprint density at radius 1 is 1.47 bits per heavy atom. The summed E-state index contributed by atoms with van der Waals surface area (Å²) < 4.78 is 2.05. The lowest BCUT2D eigenvalue weighted by Crippen LogP contribution is -2.07. The molecule has 1 aromatic rings. The van der Waals surface area contributed by atoms with Crippen molar-refractivity contribution < 1.29 is 5.11 Å². The summed E-state index contributed by atoms with van der Waals surface area (Å²) in [6.45, 7) is 7.08. The van der Waals surface area contributed by atoms with Crippen LogP contribution in [0, 0.1) is 6.92 Å². The molecule has 1 aromatic heterocycles. The number of nitrogens with zero attached hydrogens (tertiary/aromatic N) is 2. The predicted molar refractivity (Wildman–Crippen MR) is 61.9 cm³/mol. The van der Waals surface area contributed by atoms with Crippen LogP contribution in [0.3, 0.4) is 0 Å².